The Morgan fingerprint density at radius 1 is 0.872 bits per heavy atom. The molecule has 2 aromatic rings. The Hall–Kier alpha value is -4.29. The number of ether oxygens (including phenoxy) is 3. The molecule has 11 heteroatoms. The minimum atomic E-state index is -1.22. The van der Waals surface area contributed by atoms with Crippen LogP contribution in [0.4, 0.5) is 5.69 Å². The number of hydrogen-bond acceptors (Lipinski definition) is 9. The number of carbonyl (C=O) groups excluding carboxylic acids is 1. The number of carboxylic acid groups (broad SMARTS) is 1. The van der Waals surface area contributed by atoms with E-state index in [9.17, 15) is 24.6 Å². The second kappa shape index (κ2) is 13.0. The Morgan fingerprint density at radius 2 is 1.59 bits per heavy atom. The molecule has 0 saturated carbocycles. The van der Waals surface area contributed by atoms with E-state index in [4.69, 9.17) is 24.4 Å². The fourth-order valence-corrected chi connectivity index (χ4v) is 4.05. The largest absolute Gasteiger partial charge is 0.508 e. The zero-order chi connectivity index (χ0) is 27.8. The molecule has 1 amide bonds. The summed E-state index contributed by atoms with van der Waals surface area (Å²) in [5.41, 5.74) is 6.90. The number of phenolic OH excluding ortho intramolecular Hbond substituents is 1. The van der Waals surface area contributed by atoms with Gasteiger partial charge in [-0.25, -0.2) is 4.79 Å². The van der Waals surface area contributed by atoms with Crippen LogP contribution in [0, 0.1) is 0 Å². The van der Waals surface area contributed by atoms with E-state index in [1.165, 1.54) is 30.3 Å². The summed E-state index contributed by atoms with van der Waals surface area (Å²) in [6.07, 6.45) is 0. The monoisotopic (exact) mass is 536 g/mol. The average molecular weight is 537 g/mol. The van der Waals surface area contributed by atoms with Crippen LogP contribution in [0.5, 0.6) is 5.75 Å². The molecule has 0 unspecified atom stereocenters. The lowest BCUT2D eigenvalue weighted by atomic mass is 9.90. The van der Waals surface area contributed by atoms with E-state index < -0.39 is 11.9 Å². The van der Waals surface area contributed by atoms with Crippen LogP contribution < -0.4 is 16.5 Å². The summed E-state index contributed by atoms with van der Waals surface area (Å²) >= 11 is 0. The van der Waals surface area contributed by atoms with Crippen LogP contribution in [0.15, 0.2) is 63.8 Å². The number of nitrogens with two attached hydrogens (primary N) is 1. The first-order chi connectivity index (χ1) is 18.9. The topological polar surface area (TPSA) is 171 Å². The molecule has 11 nitrogen and oxygen atoms in total. The summed E-state index contributed by atoms with van der Waals surface area (Å²) in [6.45, 7) is 1.96. The van der Waals surface area contributed by atoms with Crippen molar-refractivity contribution >= 4 is 28.5 Å². The van der Waals surface area contributed by atoms with Gasteiger partial charge in [-0.2, -0.15) is 0 Å². The Morgan fingerprint density at radius 3 is 2.33 bits per heavy atom. The third kappa shape index (κ3) is 6.98. The number of carboxylic acids is 1. The Labute approximate surface area is 223 Å². The first-order valence-electron chi connectivity index (χ1n) is 12.2. The molecule has 1 aliphatic heterocycles. The van der Waals surface area contributed by atoms with Gasteiger partial charge >= 0.3 is 5.97 Å². The molecule has 0 radical (unpaired) electrons. The van der Waals surface area contributed by atoms with E-state index in [1.54, 1.807) is 24.3 Å². The molecule has 204 valence electrons. The molecule has 0 spiro atoms. The van der Waals surface area contributed by atoms with Gasteiger partial charge in [0.2, 0.25) is 5.91 Å². The summed E-state index contributed by atoms with van der Waals surface area (Å²) in [5.74, 6) is -1.48. The molecule has 0 atom stereocenters. The van der Waals surface area contributed by atoms with Crippen molar-refractivity contribution in [2.24, 2.45) is 5.73 Å². The number of hydrogen-bond donors (Lipinski definition) is 4. The van der Waals surface area contributed by atoms with Crippen LogP contribution in [0.1, 0.15) is 10.4 Å². The highest BCUT2D eigenvalue weighted by Gasteiger charge is 2.22. The van der Waals surface area contributed by atoms with Gasteiger partial charge in [0.15, 0.2) is 5.43 Å². The number of anilines is 1. The molecule has 0 bridgehead atoms. The lowest BCUT2D eigenvalue weighted by Crippen LogP contribution is -2.20. The van der Waals surface area contributed by atoms with Crippen molar-refractivity contribution in [1.82, 2.24) is 0 Å². The number of nitrogens with one attached hydrogen (secondary N) is 1. The fourth-order valence-electron chi connectivity index (χ4n) is 4.05. The quantitative estimate of drug-likeness (QED) is 0.147. The molecule has 0 saturated heterocycles. The summed E-state index contributed by atoms with van der Waals surface area (Å²) in [4.78, 5) is 36.6. The van der Waals surface area contributed by atoms with Gasteiger partial charge in [0.1, 0.15) is 23.7 Å². The predicted molar refractivity (Wildman–Crippen MR) is 143 cm³/mol. The van der Waals surface area contributed by atoms with E-state index >= 15 is 0 Å². The molecule has 1 heterocycles. The van der Waals surface area contributed by atoms with Crippen molar-refractivity contribution in [1.29, 1.82) is 0 Å². The van der Waals surface area contributed by atoms with Crippen LogP contribution in [0.25, 0.3) is 33.4 Å². The fraction of sp³-hybridized carbons (Fsp3) is 0.250. The SMILES string of the molecule is NCCOCCOCCOCC(=O)Nc1ccc(-c2c3ccc(=O)cc-3oc3cc(O)ccc23)c(C(=O)O)c1. The second-order valence-electron chi connectivity index (χ2n) is 8.50. The summed E-state index contributed by atoms with van der Waals surface area (Å²) in [7, 11) is 0. The standard InChI is InChI=1S/C28H28N2O9/c29-7-8-36-9-10-37-11-12-38-16-26(33)30-17-1-4-20(23(13-17)28(34)35)27-21-5-2-18(31)14-24(21)39-25-15-19(32)3-6-22(25)27/h1-6,13-15,31H,7-12,16,29H2,(H,30,33)(H,34,35). The molecular weight excluding hydrogens is 508 g/mol. The molecule has 2 aliphatic rings. The second-order valence-corrected chi connectivity index (χ2v) is 8.50. The van der Waals surface area contributed by atoms with Crippen LogP contribution >= 0.6 is 0 Å². The van der Waals surface area contributed by atoms with E-state index in [1.807, 2.05) is 0 Å². The number of aromatic hydroxyl groups is 1. The first kappa shape index (κ1) is 27.7. The smallest absolute Gasteiger partial charge is 0.336 e. The predicted octanol–water partition coefficient (Wildman–Crippen LogP) is 2.92. The molecule has 0 aromatic heterocycles. The maximum Gasteiger partial charge on any atom is 0.336 e. The molecule has 1 aliphatic carbocycles. The highest BCUT2D eigenvalue weighted by Crippen LogP contribution is 2.42. The summed E-state index contributed by atoms with van der Waals surface area (Å²) < 4.78 is 21.7. The molecular formula is C28H28N2O9. The number of amides is 1. The highest BCUT2D eigenvalue weighted by atomic mass is 16.5. The Kier molecular flexibility index (Phi) is 9.23. The molecule has 39 heavy (non-hydrogen) atoms. The molecule has 2 aromatic carbocycles. The molecule has 5 N–H and O–H groups in total. The van der Waals surface area contributed by atoms with Crippen molar-refractivity contribution < 1.29 is 38.4 Å². The van der Waals surface area contributed by atoms with E-state index in [0.717, 1.165) is 0 Å². The third-order valence-corrected chi connectivity index (χ3v) is 5.72. The maximum atomic E-state index is 12.3. The average Bonchev–Trinajstić information content (AvgIpc) is 2.90. The highest BCUT2D eigenvalue weighted by molar-refractivity contribution is 6.08. The first-order valence-corrected chi connectivity index (χ1v) is 12.2. The zero-order valence-corrected chi connectivity index (χ0v) is 21.0. The van der Waals surface area contributed by atoms with Crippen molar-refractivity contribution in [3.63, 3.8) is 0 Å². The van der Waals surface area contributed by atoms with Gasteiger partial charge in [-0.15, -0.1) is 0 Å². The minimum Gasteiger partial charge on any atom is -0.508 e. The Balaban J connectivity index is 1.52. The van der Waals surface area contributed by atoms with E-state index in [2.05, 4.69) is 5.32 Å². The van der Waals surface area contributed by atoms with Crippen LogP contribution in [-0.4, -0.2) is 68.3 Å². The number of rotatable bonds is 13. The maximum absolute atomic E-state index is 12.3. The van der Waals surface area contributed by atoms with Crippen molar-refractivity contribution in [2.75, 3.05) is 51.5 Å². The molecule has 0 fully saturated rings. The van der Waals surface area contributed by atoms with Gasteiger partial charge in [0.05, 0.1) is 38.6 Å². The van der Waals surface area contributed by atoms with Crippen molar-refractivity contribution in [3.8, 4) is 28.2 Å². The van der Waals surface area contributed by atoms with Crippen LogP contribution in [0.3, 0.4) is 0 Å². The number of fused-ring (bicyclic) bond motifs is 2. The van der Waals surface area contributed by atoms with Gasteiger partial charge in [-0.1, -0.05) is 6.07 Å². The summed E-state index contributed by atoms with van der Waals surface area (Å²) in [6, 6.07) is 13.2. The van der Waals surface area contributed by atoms with Crippen LogP contribution in [-0.2, 0) is 19.0 Å². The van der Waals surface area contributed by atoms with Gasteiger partial charge < -0.3 is 39.9 Å². The number of carbonyl (C=O) groups is 2. The van der Waals surface area contributed by atoms with Gasteiger partial charge in [-0.05, 0) is 42.0 Å². The van der Waals surface area contributed by atoms with Gasteiger partial charge in [0, 0.05) is 40.9 Å². The van der Waals surface area contributed by atoms with Gasteiger partial charge in [0.25, 0.3) is 0 Å². The normalized spacial score (nSPS) is 11.2. The number of benzene rings is 3. The summed E-state index contributed by atoms with van der Waals surface area (Å²) in [5, 5.41) is 23.2. The molecule has 4 rings (SSSR count). The number of phenols is 1. The van der Waals surface area contributed by atoms with Crippen LogP contribution in [0.2, 0.25) is 0 Å². The van der Waals surface area contributed by atoms with E-state index in [0.29, 0.717) is 48.4 Å². The Bertz CT molecular complexity index is 1500. The minimum absolute atomic E-state index is 0.0448. The van der Waals surface area contributed by atoms with Crippen molar-refractivity contribution in [3.05, 3.63) is 70.4 Å². The lowest BCUT2D eigenvalue weighted by molar-refractivity contribution is -0.121. The van der Waals surface area contributed by atoms with Crippen molar-refractivity contribution in [2.45, 2.75) is 0 Å². The lowest BCUT2D eigenvalue weighted by Gasteiger charge is -2.17. The van der Waals surface area contributed by atoms with Gasteiger partial charge in [-0.3, -0.25) is 9.59 Å². The number of aromatic carboxylic acids is 1. The third-order valence-electron chi connectivity index (χ3n) is 5.72. The zero-order valence-electron chi connectivity index (χ0n) is 21.0. The van der Waals surface area contributed by atoms with E-state index in [-0.39, 0.29) is 53.6 Å².